The minimum absolute atomic E-state index is 0. The number of hydrogen-bond acceptors (Lipinski definition) is 6. The highest BCUT2D eigenvalue weighted by atomic mass is 19.1. The lowest BCUT2D eigenvalue weighted by Crippen LogP contribution is -2.62. The Hall–Kier alpha value is -2.90. The molecule has 2 aliphatic heterocycles. The quantitative estimate of drug-likeness (QED) is 0.356. The monoisotopic (exact) mass is 526 g/mol. The van der Waals surface area contributed by atoms with Crippen LogP contribution in [0.5, 0.6) is 11.5 Å². The molecule has 7 heteroatoms. The number of hydrogen-bond donors (Lipinski definition) is 1. The molecule has 0 amide bonds. The van der Waals surface area contributed by atoms with E-state index in [1.165, 1.54) is 26.5 Å². The van der Waals surface area contributed by atoms with Crippen LogP contribution in [0.4, 0.5) is 10.1 Å². The third kappa shape index (κ3) is 6.56. The number of methoxy groups -OCH3 is 1. The molecule has 0 bridgehead atoms. The zero-order valence-corrected chi connectivity index (χ0v) is 24.2. The summed E-state index contributed by atoms with van der Waals surface area (Å²) in [5, 5.41) is 3.90. The second kappa shape index (κ2) is 13.8. The Morgan fingerprint density at radius 2 is 1.76 bits per heavy atom. The summed E-state index contributed by atoms with van der Waals surface area (Å²) < 4.78 is 25.7. The first kappa shape index (κ1) is 29.7. The number of pyridine rings is 1. The van der Waals surface area contributed by atoms with E-state index in [1.54, 1.807) is 12.1 Å². The molecular weight excluding hydrogens is 479 g/mol. The molecule has 5 rings (SSSR count). The van der Waals surface area contributed by atoms with Gasteiger partial charge in [-0.05, 0) is 69.9 Å². The van der Waals surface area contributed by atoms with Crippen LogP contribution in [0.1, 0.15) is 42.0 Å². The van der Waals surface area contributed by atoms with Crippen LogP contribution in [0, 0.1) is 11.2 Å². The number of ether oxygens (including phenoxy) is 2. The zero-order valence-electron chi connectivity index (χ0n) is 24.2. The molecule has 2 aromatic carbocycles. The van der Waals surface area contributed by atoms with E-state index in [2.05, 4.69) is 28.2 Å². The van der Waals surface area contributed by atoms with Crippen molar-refractivity contribution >= 4 is 16.6 Å². The number of likely N-dealkylation sites (N-methyl/N-ethyl adjacent to an activating group) is 1. The van der Waals surface area contributed by atoms with Gasteiger partial charge < -0.3 is 24.6 Å². The van der Waals surface area contributed by atoms with Crippen molar-refractivity contribution in [3.63, 3.8) is 0 Å². The standard InChI is InChI=1S/C27H33FN4O2.2C2H6.H2/c1-29-10-12-34-20-7-5-19(6-8-20)23-14-25(21-13-22(28)26(33-3)15-24(21)30-23)32-17-27(18-32)9-4-11-31(2)16-27;2*1-2;/h5-8,13-15,29H,4,9-12,16-18H2,1-3H3;2*1-2H3;1H. The summed E-state index contributed by atoms with van der Waals surface area (Å²) in [6.07, 6.45) is 2.49. The molecule has 1 N–H and O–H groups in total. The molecule has 0 saturated carbocycles. The van der Waals surface area contributed by atoms with Crippen molar-refractivity contribution in [2.45, 2.75) is 40.5 Å². The highest BCUT2D eigenvalue weighted by molar-refractivity contribution is 5.95. The van der Waals surface area contributed by atoms with Gasteiger partial charge in [0.15, 0.2) is 11.6 Å². The number of nitrogens with one attached hydrogen (secondary N) is 1. The van der Waals surface area contributed by atoms with Gasteiger partial charge >= 0.3 is 0 Å². The molecule has 6 nitrogen and oxygen atoms in total. The number of aromatic nitrogens is 1. The number of fused-ring (bicyclic) bond motifs is 1. The van der Waals surface area contributed by atoms with Gasteiger partial charge in [-0.2, -0.15) is 0 Å². The fourth-order valence-corrected chi connectivity index (χ4v) is 5.41. The third-order valence-electron chi connectivity index (χ3n) is 7.08. The summed E-state index contributed by atoms with van der Waals surface area (Å²) >= 11 is 0. The van der Waals surface area contributed by atoms with Crippen molar-refractivity contribution in [1.29, 1.82) is 0 Å². The average molecular weight is 527 g/mol. The van der Waals surface area contributed by atoms with E-state index in [4.69, 9.17) is 14.5 Å². The van der Waals surface area contributed by atoms with E-state index >= 15 is 0 Å². The van der Waals surface area contributed by atoms with Gasteiger partial charge in [-0.25, -0.2) is 9.37 Å². The Morgan fingerprint density at radius 3 is 2.39 bits per heavy atom. The molecule has 2 saturated heterocycles. The third-order valence-corrected chi connectivity index (χ3v) is 7.08. The van der Waals surface area contributed by atoms with Crippen molar-refractivity contribution in [2.75, 3.05) is 65.4 Å². The van der Waals surface area contributed by atoms with Crippen LogP contribution in [0.2, 0.25) is 0 Å². The van der Waals surface area contributed by atoms with Crippen LogP contribution in [0.3, 0.4) is 0 Å². The van der Waals surface area contributed by atoms with E-state index in [9.17, 15) is 4.39 Å². The number of likely N-dealkylation sites (tertiary alicyclic amines) is 1. The fourth-order valence-electron chi connectivity index (χ4n) is 5.41. The Balaban J connectivity index is 0.00000102. The topological polar surface area (TPSA) is 49.9 Å². The van der Waals surface area contributed by atoms with Gasteiger partial charge in [-0.15, -0.1) is 0 Å². The fraction of sp³-hybridized carbons (Fsp3) is 0.516. The Labute approximate surface area is 229 Å². The van der Waals surface area contributed by atoms with Gasteiger partial charge in [-0.1, -0.05) is 27.7 Å². The Kier molecular flexibility index (Phi) is 10.7. The second-order valence-corrected chi connectivity index (χ2v) is 9.70. The smallest absolute Gasteiger partial charge is 0.165 e. The molecule has 2 fully saturated rings. The molecule has 3 heterocycles. The average Bonchev–Trinajstić information content (AvgIpc) is 2.93. The number of anilines is 1. The maximum absolute atomic E-state index is 14.7. The molecule has 3 aromatic rings. The summed E-state index contributed by atoms with van der Waals surface area (Å²) in [7, 11) is 5.60. The minimum Gasteiger partial charge on any atom is -0.494 e. The van der Waals surface area contributed by atoms with Crippen molar-refractivity contribution in [1.82, 2.24) is 15.2 Å². The molecule has 0 unspecified atom stereocenters. The van der Waals surface area contributed by atoms with Crippen molar-refractivity contribution in [3.8, 4) is 22.8 Å². The zero-order chi connectivity index (χ0) is 27.7. The van der Waals surface area contributed by atoms with Crippen LogP contribution >= 0.6 is 0 Å². The molecule has 0 atom stereocenters. The van der Waals surface area contributed by atoms with Gasteiger partial charge in [0.05, 0.1) is 18.3 Å². The summed E-state index contributed by atoms with van der Waals surface area (Å²) in [4.78, 5) is 9.70. The number of halogens is 1. The van der Waals surface area contributed by atoms with Crippen molar-refractivity contribution < 1.29 is 15.3 Å². The van der Waals surface area contributed by atoms with E-state index in [1.807, 2.05) is 59.0 Å². The predicted octanol–water partition coefficient (Wildman–Crippen LogP) is 6.48. The first-order valence-corrected chi connectivity index (χ1v) is 14.0. The van der Waals surface area contributed by atoms with Gasteiger partial charge in [0.25, 0.3) is 0 Å². The second-order valence-electron chi connectivity index (χ2n) is 9.70. The Bertz CT molecular complexity index is 1170. The normalized spacial score (nSPS) is 16.2. The molecule has 1 aromatic heterocycles. The van der Waals surface area contributed by atoms with Crippen LogP contribution in [0.15, 0.2) is 42.5 Å². The number of nitrogens with zero attached hydrogens (tertiary/aromatic N) is 3. The van der Waals surface area contributed by atoms with E-state index in [0.29, 0.717) is 12.0 Å². The maximum Gasteiger partial charge on any atom is 0.165 e. The van der Waals surface area contributed by atoms with Gasteiger partial charge in [-0.3, -0.25) is 0 Å². The van der Waals surface area contributed by atoms with Crippen LogP contribution in [0.25, 0.3) is 22.2 Å². The van der Waals surface area contributed by atoms with Crippen LogP contribution < -0.4 is 19.7 Å². The predicted molar refractivity (Wildman–Crippen MR) is 159 cm³/mol. The summed E-state index contributed by atoms with van der Waals surface area (Å²) in [6, 6.07) is 13.4. The maximum atomic E-state index is 14.7. The summed E-state index contributed by atoms with van der Waals surface area (Å²) in [5.74, 6) is 0.682. The van der Waals surface area contributed by atoms with Crippen LogP contribution in [-0.2, 0) is 0 Å². The molecular formula is C31H47FN4O2. The number of piperidine rings is 1. The lowest BCUT2D eigenvalue weighted by molar-refractivity contribution is 0.0785. The first-order chi connectivity index (χ1) is 18.5. The number of benzene rings is 2. The molecule has 0 aliphatic carbocycles. The molecule has 2 aliphatic rings. The summed E-state index contributed by atoms with van der Waals surface area (Å²) in [6.45, 7) is 13.7. The van der Waals surface area contributed by atoms with E-state index in [-0.39, 0.29) is 13.0 Å². The molecule has 0 radical (unpaired) electrons. The largest absolute Gasteiger partial charge is 0.494 e. The molecule has 1 spiro atoms. The van der Waals surface area contributed by atoms with Crippen molar-refractivity contribution in [3.05, 3.63) is 48.3 Å². The van der Waals surface area contributed by atoms with Gasteiger partial charge in [0.1, 0.15) is 12.4 Å². The van der Waals surface area contributed by atoms with Gasteiger partial charge in [0, 0.05) is 55.7 Å². The van der Waals surface area contributed by atoms with Crippen LogP contribution in [-0.4, -0.2) is 70.4 Å². The molecule has 38 heavy (non-hydrogen) atoms. The molecule has 210 valence electrons. The van der Waals surface area contributed by atoms with E-state index in [0.717, 1.165) is 59.8 Å². The SMILES string of the molecule is CC.CC.CNCCOc1ccc(-c2cc(N3CC4(CCCN(C)C4)C3)c3cc(F)c(OC)cc3n2)cc1.[HH]. The Morgan fingerprint density at radius 1 is 1.05 bits per heavy atom. The van der Waals surface area contributed by atoms with Gasteiger partial charge in [0.2, 0.25) is 0 Å². The minimum atomic E-state index is -0.360. The number of rotatable bonds is 7. The highest BCUT2D eigenvalue weighted by Gasteiger charge is 2.45. The summed E-state index contributed by atoms with van der Waals surface area (Å²) in [5.41, 5.74) is 3.97. The van der Waals surface area contributed by atoms with Crippen molar-refractivity contribution in [2.24, 2.45) is 5.41 Å². The van der Waals surface area contributed by atoms with E-state index < -0.39 is 0 Å². The lowest BCUT2D eigenvalue weighted by Gasteiger charge is -2.55. The lowest BCUT2D eigenvalue weighted by atomic mass is 9.73. The highest BCUT2D eigenvalue weighted by Crippen LogP contribution is 2.44. The first-order valence-electron chi connectivity index (χ1n) is 14.0.